The van der Waals surface area contributed by atoms with Crippen molar-refractivity contribution in [1.82, 2.24) is 9.80 Å². The quantitative estimate of drug-likeness (QED) is 0.172. The molecule has 194 valence electrons. The number of hydrogen-bond donors (Lipinski definition) is 0. The molecule has 2 atom stereocenters. The van der Waals surface area contributed by atoms with Gasteiger partial charge in [0.05, 0.1) is 13.0 Å². The predicted octanol–water partition coefficient (Wildman–Crippen LogP) is 5.58. The minimum absolute atomic E-state index is 0.0247. The van der Waals surface area contributed by atoms with Crippen LogP contribution in [-0.4, -0.2) is 74.2 Å². The Labute approximate surface area is 203 Å². The zero-order chi connectivity index (χ0) is 24.3. The lowest BCUT2D eigenvalue weighted by Crippen LogP contribution is -2.29. The minimum atomic E-state index is -0.0908. The van der Waals surface area contributed by atoms with E-state index in [0.29, 0.717) is 25.5 Å². The van der Waals surface area contributed by atoms with Gasteiger partial charge in [-0.2, -0.15) is 0 Å². The van der Waals surface area contributed by atoms with Crippen LogP contribution < -0.4 is 0 Å². The number of hydrogen-bond acceptors (Lipinski definition) is 6. The molecule has 0 spiro atoms. The average Bonchev–Trinajstić information content (AvgIpc) is 3.12. The number of unbranched alkanes of at least 4 members (excludes halogenated alkanes) is 10. The van der Waals surface area contributed by atoms with Gasteiger partial charge < -0.3 is 14.4 Å². The van der Waals surface area contributed by atoms with Crippen molar-refractivity contribution >= 4 is 11.9 Å². The molecule has 1 fully saturated rings. The van der Waals surface area contributed by atoms with Gasteiger partial charge >= 0.3 is 11.9 Å². The molecule has 1 saturated heterocycles. The molecule has 1 aliphatic heterocycles. The second-order valence-electron chi connectivity index (χ2n) is 10.1. The topological polar surface area (TPSA) is 59.1 Å². The lowest BCUT2D eigenvalue weighted by Gasteiger charge is -2.20. The zero-order valence-corrected chi connectivity index (χ0v) is 22.1. The van der Waals surface area contributed by atoms with Crippen LogP contribution in [0.15, 0.2) is 0 Å². The predicted molar refractivity (Wildman–Crippen MR) is 135 cm³/mol. The van der Waals surface area contributed by atoms with E-state index in [1.807, 2.05) is 19.0 Å². The Morgan fingerprint density at radius 3 is 2.15 bits per heavy atom. The van der Waals surface area contributed by atoms with E-state index in [9.17, 15) is 9.59 Å². The van der Waals surface area contributed by atoms with E-state index < -0.39 is 0 Å². The van der Waals surface area contributed by atoms with Gasteiger partial charge in [0.2, 0.25) is 0 Å². The van der Waals surface area contributed by atoms with Crippen LogP contribution in [0.25, 0.3) is 0 Å². The van der Waals surface area contributed by atoms with Crippen molar-refractivity contribution in [3.8, 4) is 0 Å². The molecule has 0 saturated carbocycles. The monoisotopic (exact) mass is 468 g/mol. The van der Waals surface area contributed by atoms with E-state index in [1.54, 1.807) is 0 Å². The summed E-state index contributed by atoms with van der Waals surface area (Å²) in [4.78, 5) is 28.2. The fraction of sp³-hybridized carbons (Fsp3) is 0.926. The highest BCUT2D eigenvalue weighted by Gasteiger charge is 2.30. The summed E-state index contributed by atoms with van der Waals surface area (Å²) in [5.74, 6) is -0.128. The van der Waals surface area contributed by atoms with Gasteiger partial charge in [0.1, 0.15) is 6.10 Å². The third-order valence-corrected chi connectivity index (χ3v) is 6.56. The Hall–Kier alpha value is -1.14. The lowest BCUT2D eigenvalue weighted by atomic mass is 10.1. The van der Waals surface area contributed by atoms with E-state index >= 15 is 0 Å². The minimum Gasteiger partial charge on any atom is -0.466 e. The summed E-state index contributed by atoms with van der Waals surface area (Å²) in [5.41, 5.74) is 0. The first-order chi connectivity index (χ1) is 15.9. The molecule has 0 bridgehead atoms. The number of likely N-dealkylation sites (tertiary alicyclic amines) is 1. The van der Waals surface area contributed by atoms with Crippen LogP contribution in [0.4, 0.5) is 0 Å². The first-order valence-electron chi connectivity index (χ1n) is 13.7. The van der Waals surface area contributed by atoms with Crippen molar-refractivity contribution < 1.29 is 19.1 Å². The van der Waals surface area contributed by atoms with Gasteiger partial charge in [-0.05, 0) is 53.2 Å². The van der Waals surface area contributed by atoms with Crippen LogP contribution in [0.5, 0.6) is 0 Å². The smallest absolute Gasteiger partial charge is 0.307 e. The summed E-state index contributed by atoms with van der Waals surface area (Å²) >= 11 is 0. The number of nitrogens with zero attached hydrogens (tertiary/aromatic N) is 2. The Balaban J connectivity index is 1.95. The molecule has 0 amide bonds. The Bertz CT molecular complexity index is 512. The standard InChI is InChI=1S/C27H52N2O4/c1-5-6-7-8-9-10-11-12-14-17-26(30)32-21-16-13-15-19-29-23-25(22-24(29)2)33-27(31)18-20-28(3)4/h24-25H,5-23H2,1-4H3/t24-,25?/m1/s1. The van der Waals surface area contributed by atoms with Crippen LogP contribution in [0.1, 0.15) is 110 Å². The van der Waals surface area contributed by atoms with E-state index in [1.165, 1.54) is 44.9 Å². The third kappa shape index (κ3) is 16.2. The number of esters is 2. The highest BCUT2D eigenvalue weighted by Crippen LogP contribution is 2.21. The summed E-state index contributed by atoms with van der Waals surface area (Å²) < 4.78 is 11.0. The van der Waals surface area contributed by atoms with Gasteiger partial charge in [0.25, 0.3) is 0 Å². The number of carbonyl (C=O) groups is 2. The summed E-state index contributed by atoms with van der Waals surface area (Å²) in [6.07, 6.45) is 16.4. The molecule has 1 rings (SSSR count). The molecular weight excluding hydrogens is 416 g/mol. The van der Waals surface area contributed by atoms with Crippen LogP contribution in [0.3, 0.4) is 0 Å². The first kappa shape index (κ1) is 29.9. The summed E-state index contributed by atoms with van der Waals surface area (Å²) in [7, 11) is 3.93. The molecule has 0 aliphatic carbocycles. The fourth-order valence-electron chi connectivity index (χ4n) is 4.43. The van der Waals surface area contributed by atoms with Crippen molar-refractivity contribution in [3.63, 3.8) is 0 Å². The summed E-state index contributed by atoms with van der Waals surface area (Å²) in [6.45, 7) is 7.58. The van der Waals surface area contributed by atoms with E-state index in [2.05, 4.69) is 18.7 Å². The maximum Gasteiger partial charge on any atom is 0.307 e. The van der Waals surface area contributed by atoms with Gasteiger partial charge in [-0.25, -0.2) is 0 Å². The molecule has 0 N–H and O–H groups in total. The van der Waals surface area contributed by atoms with E-state index in [0.717, 1.165) is 58.2 Å². The SMILES string of the molecule is CCCCCCCCCCCC(=O)OCCCCCN1CC(OC(=O)CCN(C)C)C[C@H]1C. The Kier molecular flexibility index (Phi) is 17.4. The first-order valence-corrected chi connectivity index (χ1v) is 13.7. The normalized spacial score (nSPS) is 18.7. The van der Waals surface area contributed by atoms with Crippen molar-refractivity contribution in [2.45, 2.75) is 122 Å². The number of ether oxygens (including phenoxy) is 2. The summed E-state index contributed by atoms with van der Waals surface area (Å²) in [6, 6.07) is 0.450. The second kappa shape index (κ2) is 19.2. The highest BCUT2D eigenvalue weighted by molar-refractivity contribution is 5.70. The lowest BCUT2D eigenvalue weighted by molar-refractivity contribution is -0.148. The fourth-order valence-corrected chi connectivity index (χ4v) is 4.43. The van der Waals surface area contributed by atoms with Gasteiger partial charge in [-0.3, -0.25) is 14.5 Å². The molecule has 33 heavy (non-hydrogen) atoms. The van der Waals surface area contributed by atoms with Crippen molar-refractivity contribution in [2.75, 3.05) is 40.3 Å². The molecule has 0 aromatic rings. The molecule has 1 unspecified atom stereocenters. The Morgan fingerprint density at radius 2 is 1.48 bits per heavy atom. The molecule has 1 aliphatic rings. The van der Waals surface area contributed by atoms with Crippen LogP contribution in [-0.2, 0) is 19.1 Å². The van der Waals surface area contributed by atoms with Crippen molar-refractivity contribution in [2.24, 2.45) is 0 Å². The van der Waals surface area contributed by atoms with Gasteiger partial charge in [-0.1, -0.05) is 58.3 Å². The van der Waals surface area contributed by atoms with Crippen molar-refractivity contribution in [3.05, 3.63) is 0 Å². The Morgan fingerprint density at radius 1 is 0.848 bits per heavy atom. The molecule has 0 aromatic carbocycles. The number of carbonyl (C=O) groups excluding carboxylic acids is 2. The third-order valence-electron chi connectivity index (χ3n) is 6.56. The molecule has 1 heterocycles. The zero-order valence-electron chi connectivity index (χ0n) is 22.1. The summed E-state index contributed by atoms with van der Waals surface area (Å²) in [5, 5.41) is 0. The number of rotatable bonds is 20. The average molecular weight is 469 g/mol. The molecule has 6 heteroatoms. The molecule has 6 nitrogen and oxygen atoms in total. The molecular formula is C27H52N2O4. The van der Waals surface area contributed by atoms with Gasteiger partial charge in [0.15, 0.2) is 0 Å². The van der Waals surface area contributed by atoms with Crippen LogP contribution >= 0.6 is 0 Å². The maximum atomic E-state index is 12.0. The molecule has 0 aromatic heterocycles. The van der Waals surface area contributed by atoms with Gasteiger partial charge in [0, 0.05) is 32.0 Å². The van der Waals surface area contributed by atoms with Crippen LogP contribution in [0.2, 0.25) is 0 Å². The van der Waals surface area contributed by atoms with E-state index in [4.69, 9.17) is 9.47 Å². The van der Waals surface area contributed by atoms with Crippen molar-refractivity contribution in [1.29, 1.82) is 0 Å². The molecule has 0 radical (unpaired) electrons. The van der Waals surface area contributed by atoms with Gasteiger partial charge in [-0.15, -0.1) is 0 Å². The highest BCUT2D eigenvalue weighted by atomic mass is 16.5. The van der Waals surface area contributed by atoms with Crippen LogP contribution in [0, 0.1) is 0 Å². The second-order valence-corrected chi connectivity index (χ2v) is 10.1. The van der Waals surface area contributed by atoms with E-state index in [-0.39, 0.29) is 18.0 Å². The maximum absolute atomic E-state index is 12.0. The largest absolute Gasteiger partial charge is 0.466 e.